The number of carbonyl (C=O) groups is 1. The molecule has 5 rings (SSSR count). The van der Waals surface area contributed by atoms with Crippen molar-refractivity contribution >= 4 is 34.1 Å². The van der Waals surface area contributed by atoms with Gasteiger partial charge >= 0.3 is 5.97 Å². The molecular formula is C28H23N3O5. The summed E-state index contributed by atoms with van der Waals surface area (Å²) in [7, 11) is 0. The highest BCUT2D eigenvalue weighted by molar-refractivity contribution is 5.85. The first kappa shape index (κ1) is 23.0. The van der Waals surface area contributed by atoms with Gasteiger partial charge in [-0.1, -0.05) is 30.3 Å². The van der Waals surface area contributed by atoms with E-state index in [1.54, 1.807) is 62.5 Å². The van der Waals surface area contributed by atoms with Crippen LogP contribution in [0.2, 0.25) is 0 Å². The molecule has 1 atom stereocenters. The van der Waals surface area contributed by atoms with E-state index >= 15 is 0 Å². The maximum Gasteiger partial charge on any atom is 0.347 e. The average Bonchev–Trinajstić information content (AvgIpc) is 3.33. The predicted octanol–water partition coefficient (Wildman–Crippen LogP) is 5.02. The number of ether oxygens (including phenoxy) is 2. The molecule has 0 N–H and O–H groups in total. The molecule has 180 valence electrons. The number of rotatable bonds is 7. The van der Waals surface area contributed by atoms with Crippen LogP contribution in [0, 0.1) is 0 Å². The van der Waals surface area contributed by atoms with E-state index in [-0.39, 0.29) is 5.56 Å². The van der Waals surface area contributed by atoms with Crippen LogP contribution in [0.1, 0.15) is 19.4 Å². The molecule has 8 heteroatoms. The summed E-state index contributed by atoms with van der Waals surface area (Å²) in [5.74, 6) is 0.826. The molecule has 36 heavy (non-hydrogen) atoms. The SMILES string of the molecule is CCOC(=O)[C@H](C)Oc1ccc(C=Nn2c(-c3cc4ccccc4o3)nc3ccccc3c2=O)cc1. The number of nitrogens with zero attached hydrogens (tertiary/aromatic N) is 3. The molecule has 0 aliphatic heterocycles. The average molecular weight is 482 g/mol. The summed E-state index contributed by atoms with van der Waals surface area (Å²) in [6, 6.07) is 23.5. The molecule has 8 nitrogen and oxygen atoms in total. The summed E-state index contributed by atoms with van der Waals surface area (Å²) in [5.41, 5.74) is 1.66. The van der Waals surface area contributed by atoms with E-state index in [4.69, 9.17) is 13.9 Å². The lowest BCUT2D eigenvalue weighted by Crippen LogP contribution is -2.26. The summed E-state index contributed by atoms with van der Waals surface area (Å²) >= 11 is 0. The van der Waals surface area contributed by atoms with Crippen molar-refractivity contribution in [2.75, 3.05) is 6.61 Å². The number of esters is 1. The van der Waals surface area contributed by atoms with Gasteiger partial charge in [-0.05, 0) is 67.9 Å². The van der Waals surface area contributed by atoms with Crippen molar-refractivity contribution in [1.82, 2.24) is 9.66 Å². The molecule has 0 bridgehead atoms. The summed E-state index contributed by atoms with van der Waals surface area (Å²) in [6.07, 6.45) is 0.834. The first-order valence-electron chi connectivity index (χ1n) is 11.5. The molecule has 2 heterocycles. The van der Waals surface area contributed by atoms with Crippen molar-refractivity contribution in [3.8, 4) is 17.3 Å². The Morgan fingerprint density at radius 1 is 1.08 bits per heavy atom. The lowest BCUT2D eigenvalue weighted by Gasteiger charge is -2.13. The Bertz CT molecular complexity index is 1600. The van der Waals surface area contributed by atoms with Crippen LogP contribution in [0.15, 0.2) is 93.2 Å². The molecule has 0 spiro atoms. The Labute approximate surface area is 206 Å². The second-order valence-corrected chi connectivity index (χ2v) is 8.04. The molecule has 5 aromatic rings. The highest BCUT2D eigenvalue weighted by atomic mass is 16.6. The first-order valence-corrected chi connectivity index (χ1v) is 11.5. The van der Waals surface area contributed by atoms with Gasteiger partial charge in [-0.25, -0.2) is 9.78 Å². The minimum Gasteiger partial charge on any atom is -0.479 e. The number of para-hydroxylation sites is 2. The van der Waals surface area contributed by atoms with Crippen LogP contribution in [-0.4, -0.2) is 34.6 Å². The molecule has 0 saturated heterocycles. The van der Waals surface area contributed by atoms with Gasteiger partial charge in [0.2, 0.25) is 5.82 Å². The largest absolute Gasteiger partial charge is 0.479 e. The third-order valence-electron chi connectivity index (χ3n) is 5.53. The van der Waals surface area contributed by atoms with Gasteiger partial charge in [0.15, 0.2) is 11.9 Å². The van der Waals surface area contributed by atoms with Gasteiger partial charge in [0.05, 0.1) is 23.7 Å². The molecule has 3 aromatic carbocycles. The molecular weight excluding hydrogens is 458 g/mol. The second kappa shape index (κ2) is 9.87. The van der Waals surface area contributed by atoms with Gasteiger partial charge in [0.25, 0.3) is 5.56 Å². The number of hydrogen-bond acceptors (Lipinski definition) is 7. The summed E-state index contributed by atoms with van der Waals surface area (Å²) < 4.78 is 17.8. The Morgan fingerprint density at radius 2 is 1.83 bits per heavy atom. The lowest BCUT2D eigenvalue weighted by atomic mass is 10.2. The number of fused-ring (bicyclic) bond motifs is 2. The molecule has 0 aliphatic carbocycles. The Kier molecular flexibility index (Phi) is 6.32. The Hall–Kier alpha value is -4.72. The molecule has 0 saturated carbocycles. The maximum atomic E-state index is 13.4. The fraction of sp³-hybridized carbons (Fsp3) is 0.143. The third kappa shape index (κ3) is 4.61. The minimum absolute atomic E-state index is 0.293. The van der Waals surface area contributed by atoms with E-state index in [1.807, 2.05) is 36.4 Å². The summed E-state index contributed by atoms with van der Waals surface area (Å²) in [5, 5.41) is 5.81. The fourth-order valence-electron chi connectivity index (χ4n) is 3.75. The van der Waals surface area contributed by atoms with Gasteiger partial charge in [-0.3, -0.25) is 4.79 Å². The van der Waals surface area contributed by atoms with Gasteiger partial charge in [-0.2, -0.15) is 9.78 Å². The normalized spacial score (nSPS) is 12.3. The second-order valence-electron chi connectivity index (χ2n) is 8.04. The molecule has 2 aromatic heterocycles. The molecule has 0 fully saturated rings. The van der Waals surface area contributed by atoms with Gasteiger partial charge in [-0.15, -0.1) is 0 Å². The maximum absolute atomic E-state index is 13.4. The summed E-state index contributed by atoms with van der Waals surface area (Å²) in [4.78, 5) is 29.8. The highest BCUT2D eigenvalue weighted by Gasteiger charge is 2.17. The number of carbonyl (C=O) groups excluding carboxylic acids is 1. The third-order valence-corrected chi connectivity index (χ3v) is 5.53. The van der Waals surface area contributed by atoms with Crippen LogP contribution in [0.3, 0.4) is 0 Å². The van der Waals surface area contributed by atoms with E-state index in [9.17, 15) is 9.59 Å². The van der Waals surface area contributed by atoms with E-state index in [0.717, 1.165) is 10.9 Å². The van der Waals surface area contributed by atoms with Crippen LogP contribution in [0.25, 0.3) is 33.5 Å². The Balaban J connectivity index is 1.50. The lowest BCUT2D eigenvalue weighted by molar-refractivity contribution is -0.150. The van der Waals surface area contributed by atoms with Crippen LogP contribution in [0.4, 0.5) is 0 Å². The predicted molar refractivity (Wildman–Crippen MR) is 137 cm³/mol. The van der Waals surface area contributed by atoms with Crippen molar-refractivity contribution in [1.29, 1.82) is 0 Å². The highest BCUT2D eigenvalue weighted by Crippen LogP contribution is 2.27. The fourth-order valence-corrected chi connectivity index (χ4v) is 3.75. The molecule has 0 amide bonds. The van der Waals surface area contributed by atoms with Crippen LogP contribution >= 0.6 is 0 Å². The van der Waals surface area contributed by atoms with Crippen molar-refractivity contribution in [3.63, 3.8) is 0 Å². The van der Waals surface area contributed by atoms with Crippen molar-refractivity contribution in [2.45, 2.75) is 20.0 Å². The summed E-state index contributed by atoms with van der Waals surface area (Å²) in [6.45, 7) is 3.67. The first-order chi connectivity index (χ1) is 17.5. The number of furan rings is 1. The quantitative estimate of drug-likeness (QED) is 0.239. The van der Waals surface area contributed by atoms with E-state index in [1.165, 1.54) is 4.68 Å². The van der Waals surface area contributed by atoms with Gasteiger partial charge in [0.1, 0.15) is 11.3 Å². The van der Waals surface area contributed by atoms with Crippen LogP contribution < -0.4 is 10.3 Å². The van der Waals surface area contributed by atoms with E-state index in [2.05, 4.69) is 10.1 Å². The van der Waals surface area contributed by atoms with E-state index < -0.39 is 12.1 Å². The zero-order valence-corrected chi connectivity index (χ0v) is 19.8. The smallest absolute Gasteiger partial charge is 0.347 e. The number of aromatic nitrogens is 2. The van der Waals surface area contributed by atoms with Gasteiger partial charge in [0, 0.05) is 5.39 Å². The van der Waals surface area contributed by atoms with Crippen LogP contribution in [0.5, 0.6) is 5.75 Å². The van der Waals surface area contributed by atoms with Crippen molar-refractivity contribution < 1.29 is 18.7 Å². The molecule has 0 unspecified atom stereocenters. The number of hydrogen-bond donors (Lipinski definition) is 0. The molecule has 0 aliphatic rings. The Morgan fingerprint density at radius 3 is 2.61 bits per heavy atom. The van der Waals surface area contributed by atoms with Crippen molar-refractivity contribution in [2.24, 2.45) is 5.10 Å². The zero-order chi connectivity index (χ0) is 25.1. The minimum atomic E-state index is -0.724. The topological polar surface area (TPSA) is 95.9 Å². The van der Waals surface area contributed by atoms with Crippen LogP contribution in [-0.2, 0) is 9.53 Å². The van der Waals surface area contributed by atoms with Crippen molar-refractivity contribution in [3.05, 3.63) is 94.8 Å². The number of benzene rings is 3. The van der Waals surface area contributed by atoms with Gasteiger partial charge < -0.3 is 13.9 Å². The zero-order valence-electron chi connectivity index (χ0n) is 19.8. The monoisotopic (exact) mass is 481 g/mol. The molecule has 0 radical (unpaired) electrons. The standard InChI is InChI=1S/C28H23N3O5/c1-3-34-28(33)18(2)35-21-14-12-19(13-15-21)17-29-31-26(25-16-20-8-4-7-11-24(20)36-25)30-23-10-6-5-9-22(23)27(31)32/h4-18H,3H2,1-2H3/t18-/m0/s1. The van der Waals surface area contributed by atoms with E-state index in [0.29, 0.717) is 40.4 Å².